The number of nitrogens with zero attached hydrogens (tertiary/aromatic N) is 2. The van der Waals surface area contributed by atoms with E-state index < -0.39 is 0 Å². The monoisotopic (exact) mass is 251 g/mol. The molecule has 0 fully saturated rings. The maximum atomic E-state index is 4.59. The van der Waals surface area contributed by atoms with Gasteiger partial charge in [0.25, 0.3) is 0 Å². The summed E-state index contributed by atoms with van der Waals surface area (Å²) in [7, 11) is 0. The smallest absolute Gasteiger partial charge is 0.0644 e. The Morgan fingerprint density at radius 3 is 2.22 bits per heavy atom. The molecule has 0 aromatic carbocycles. The molecule has 0 radical (unpaired) electrons. The van der Waals surface area contributed by atoms with Gasteiger partial charge in [-0.25, -0.2) is 0 Å². The van der Waals surface area contributed by atoms with Crippen molar-refractivity contribution in [3.63, 3.8) is 0 Å². The standard InChI is InChI=1S/C15H29N3/c1-8-18-14(7)15(13(6)17-18)12(5)16-9-11(4)10(2)3/h10-12,16H,8-9H2,1-7H3. The van der Waals surface area contributed by atoms with Gasteiger partial charge in [0, 0.05) is 23.8 Å². The van der Waals surface area contributed by atoms with E-state index in [1.54, 1.807) is 0 Å². The van der Waals surface area contributed by atoms with Crippen LogP contribution in [0.2, 0.25) is 0 Å². The second-order valence-corrected chi connectivity index (χ2v) is 5.75. The van der Waals surface area contributed by atoms with Gasteiger partial charge < -0.3 is 5.32 Å². The molecule has 1 heterocycles. The molecule has 1 aromatic heterocycles. The number of nitrogens with one attached hydrogen (secondary N) is 1. The summed E-state index contributed by atoms with van der Waals surface area (Å²) in [6, 6.07) is 0.381. The van der Waals surface area contributed by atoms with Gasteiger partial charge in [-0.15, -0.1) is 0 Å². The first-order chi connectivity index (χ1) is 8.38. The molecule has 2 atom stereocenters. The molecule has 0 spiro atoms. The van der Waals surface area contributed by atoms with Crippen LogP contribution >= 0.6 is 0 Å². The maximum absolute atomic E-state index is 4.59. The van der Waals surface area contributed by atoms with Gasteiger partial charge in [-0.1, -0.05) is 20.8 Å². The van der Waals surface area contributed by atoms with Gasteiger partial charge in [0.15, 0.2) is 0 Å². The first kappa shape index (κ1) is 15.2. The Labute approximate surface area is 112 Å². The molecule has 104 valence electrons. The van der Waals surface area contributed by atoms with Crippen molar-refractivity contribution in [1.82, 2.24) is 15.1 Å². The van der Waals surface area contributed by atoms with Crippen molar-refractivity contribution in [3.8, 4) is 0 Å². The lowest BCUT2D eigenvalue weighted by molar-refractivity contribution is 0.375. The van der Waals surface area contributed by atoms with E-state index in [1.807, 2.05) is 0 Å². The van der Waals surface area contributed by atoms with Crippen molar-refractivity contribution in [1.29, 1.82) is 0 Å². The third-order valence-electron chi connectivity index (χ3n) is 4.05. The van der Waals surface area contributed by atoms with E-state index in [4.69, 9.17) is 0 Å². The van der Waals surface area contributed by atoms with Gasteiger partial charge in [0.05, 0.1) is 5.69 Å². The van der Waals surface area contributed by atoms with Crippen molar-refractivity contribution < 1.29 is 0 Å². The molecule has 0 amide bonds. The first-order valence-corrected chi connectivity index (χ1v) is 7.15. The lowest BCUT2D eigenvalue weighted by atomic mass is 9.97. The second-order valence-electron chi connectivity index (χ2n) is 5.75. The zero-order chi connectivity index (χ0) is 13.9. The number of aromatic nitrogens is 2. The van der Waals surface area contributed by atoms with Crippen molar-refractivity contribution in [2.45, 2.75) is 61.1 Å². The van der Waals surface area contributed by atoms with Gasteiger partial charge in [-0.2, -0.15) is 5.10 Å². The van der Waals surface area contributed by atoms with Crippen molar-refractivity contribution in [2.75, 3.05) is 6.54 Å². The lowest BCUT2D eigenvalue weighted by Crippen LogP contribution is -2.27. The number of aryl methyl sites for hydroxylation is 2. The molecule has 3 nitrogen and oxygen atoms in total. The molecule has 0 saturated carbocycles. The summed E-state index contributed by atoms with van der Waals surface area (Å²) in [6.45, 7) is 17.5. The topological polar surface area (TPSA) is 29.9 Å². The summed E-state index contributed by atoms with van der Waals surface area (Å²) < 4.78 is 2.09. The summed E-state index contributed by atoms with van der Waals surface area (Å²) >= 11 is 0. The average Bonchev–Trinajstić information content (AvgIpc) is 2.60. The summed E-state index contributed by atoms with van der Waals surface area (Å²) in [5.74, 6) is 1.43. The van der Waals surface area contributed by atoms with Gasteiger partial charge in [0.2, 0.25) is 0 Å². The fourth-order valence-electron chi connectivity index (χ4n) is 2.35. The minimum Gasteiger partial charge on any atom is -0.310 e. The fourth-order valence-corrected chi connectivity index (χ4v) is 2.35. The van der Waals surface area contributed by atoms with Gasteiger partial charge in [-0.05, 0) is 46.1 Å². The van der Waals surface area contributed by atoms with Crippen LogP contribution in [0.15, 0.2) is 0 Å². The summed E-state index contributed by atoms with van der Waals surface area (Å²) in [6.07, 6.45) is 0. The molecule has 0 bridgehead atoms. The van der Waals surface area contributed by atoms with Gasteiger partial charge in [-0.3, -0.25) is 4.68 Å². The van der Waals surface area contributed by atoms with Crippen LogP contribution in [0.25, 0.3) is 0 Å². The second kappa shape index (κ2) is 6.37. The molecule has 0 aliphatic carbocycles. The summed E-state index contributed by atoms with van der Waals surface area (Å²) in [5, 5.41) is 8.23. The Hall–Kier alpha value is -0.830. The van der Waals surface area contributed by atoms with Gasteiger partial charge >= 0.3 is 0 Å². The molecule has 1 rings (SSSR count). The molecule has 0 saturated heterocycles. The van der Waals surface area contributed by atoms with E-state index in [1.165, 1.54) is 11.3 Å². The Morgan fingerprint density at radius 1 is 1.17 bits per heavy atom. The van der Waals surface area contributed by atoms with Crippen LogP contribution in [0.5, 0.6) is 0 Å². The van der Waals surface area contributed by atoms with Crippen LogP contribution in [0, 0.1) is 25.7 Å². The number of rotatable bonds is 6. The Balaban J connectivity index is 2.72. The minimum atomic E-state index is 0.381. The van der Waals surface area contributed by atoms with Crippen LogP contribution in [0.4, 0.5) is 0 Å². The van der Waals surface area contributed by atoms with E-state index in [0.29, 0.717) is 12.0 Å². The molecule has 1 aromatic rings. The molecule has 3 heteroatoms. The highest BCUT2D eigenvalue weighted by molar-refractivity contribution is 5.27. The minimum absolute atomic E-state index is 0.381. The third-order valence-corrected chi connectivity index (χ3v) is 4.05. The van der Waals surface area contributed by atoms with Crippen molar-refractivity contribution in [3.05, 3.63) is 17.0 Å². The molecular weight excluding hydrogens is 222 g/mol. The summed E-state index contributed by atoms with van der Waals surface area (Å²) in [4.78, 5) is 0. The third kappa shape index (κ3) is 3.35. The molecule has 0 aliphatic heterocycles. The van der Waals surface area contributed by atoms with Crippen molar-refractivity contribution >= 4 is 0 Å². The van der Waals surface area contributed by atoms with Crippen LogP contribution in [-0.2, 0) is 6.54 Å². The highest BCUT2D eigenvalue weighted by atomic mass is 15.3. The van der Waals surface area contributed by atoms with Crippen LogP contribution in [0.1, 0.15) is 57.6 Å². The van der Waals surface area contributed by atoms with Crippen molar-refractivity contribution in [2.24, 2.45) is 11.8 Å². The zero-order valence-electron chi connectivity index (χ0n) is 13.0. The quantitative estimate of drug-likeness (QED) is 0.839. The molecule has 0 aliphatic rings. The predicted molar refractivity (Wildman–Crippen MR) is 77.8 cm³/mol. The average molecular weight is 251 g/mol. The van der Waals surface area contributed by atoms with E-state index in [9.17, 15) is 0 Å². The van der Waals surface area contributed by atoms with E-state index in [2.05, 4.69) is 63.6 Å². The van der Waals surface area contributed by atoms with E-state index >= 15 is 0 Å². The predicted octanol–water partition coefficient (Wildman–Crippen LogP) is 3.46. The summed E-state index contributed by atoms with van der Waals surface area (Å²) in [5.41, 5.74) is 3.83. The van der Waals surface area contributed by atoms with E-state index in [-0.39, 0.29) is 0 Å². The lowest BCUT2D eigenvalue weighted by Gasteiger charge is -2.20. The zero-order valence-corrected chi connectivity index (χ0v) is 13.0. The number of hydrogen-bond donors (Lipinski definition) is 1. The molecule has 2 unspecified atom stereocenters. The first-order valence-electron chi connectivity index (χ1n) is 7.15. The van der Waals surface area contributed by atoms with E-state index in [0.717, 1.165) is 24.7 Å². The number of hydrogen-bond acceptors (Lipinski definition) is 2. The fraction of sp³-hybridized carbons (Fsp3) is 0.800. The molecule has 1 N–H and O–H groups in total. The highest BCUT2D eigenvalue weighted by Gasteiger charge is 2.17. The Morgan fingerprint density at radius 2 is 1.78 bits per heavy atom. The van der Waals surface area contributed by atoms with Crippen LogP contribution < -0.4 is 5.32 Å². The molecular formula is C15H29N3. The van der Waals surface area contributed by atoms with Gasteiger partial charge in [0.1, 0.15) is 0 Å². The molecule has 18 heavy (non-hydrogen) atoms. The maximum Gasteiger partial charge on any atom is 0.0644 e. The SMILES string of the molecule is CCn1nc(C)c(C(C)NCC(C)C(C)C)c1C. The normalized spacial score (nSPS) is 15.1. The Bertz CT molecular complexity index is 379. The van der Waals surface area contributed by atoms with Crippen LogP contribution in [-0.4, -0.2) is 16.3 Å². The largest absolute Gasteiger partial charge is 0.310 e. The highest BCUT2D eigenvalue weighted by Crippen LogP contribution is 2.22. The Kier molecular flexibility index (Phi) is 5.39. The van der Waals surface area contributed by atoms with Crippen LogP contribution in [0.3, 0.4) is 0 Å².